The number of ether oxygens (including phenoxy) is 1. The first-order chi connectivity index (χ1) is 15.4. The van der Waals surface area contributed by atoms with Crippen LogP contribution in [0.3, 0.4) is 0 Å². The molecule has 0 fully saturated rings. The first-order valence-corrected chi connectivity index (χ1v) is 10.2. The highest BCUT2D eigenvalue weighted by Crippen LogP contribution is 2.34. The van der Waals surface area contributed by atoms with E-state index in [1.54, 1.807) is 12.1 Å². The van der Waals surface area contributed by atoms with Crippen molar-refractivity contribution in [2.24, 2.45) is 0 Å². The summed E-state index contributed by atoms with van der Waals surface area (Å²) < 4.78 is 47.5. The van der Waals surface area contributed by atoms with Crippen LogP contribution in [-0.4, -0.2) is 40.3 Å². The summed E-state index contributed by atoms with van der Waals surface area (Å²) in [5, 5.41) is 8.14. The van der Waals surface area contributed by atoms with Crippen molar-refractivity contribution in [1.82, 2.24) is 19.9 Å². The molecule has 0 atom stereocenters. The van der Waals surface area contributed by atoms with Crippen molar-refractivity contribution in [3.8, 4) is 11.3 Å². The Morgan fingerprint density at radius 3 is 2.72 bits per heavy atom. The number of fused-ring (bicyclic) bond motifs is 2. The van der Waals surface area contributed by atoms with Crippen molar-refractivity contribution in [2.75, 3.05) is 19.8 Å². The zero-order valence-electron chi connectivity index (χ0n) is 17.3. The summed E-state index contributed by atoms with van der Waals surface area (Å²) in [4.78, 5) is 17.1. The highest BCUT2D eigenvalue weighted by Gasteiger charge is 2.36. The Morgan fingerprint density at radius 1 is 1.16 bits per heavy atom. The summed E-state index contributed by atoms with van der Waals surface area (Å²) in [7, 11) is 0. The van der Waals surface area contributed by atoms with Crippen molar-refractivity contribution in [2.45, 2.75) is 19.5 Å². The predicted molar refractivity (Wildman–Crippen MR) is 114 cm³/mol. The van der Waals surface area contributed by atoms with Gasteiger partial charge < -0.3 is 10.1 Å². The Bertz CT molecular complexity index is 1260. The van der Waals surface area contributed by atoms with Gasteiger partial charge >= 0.3 is 6.18 Å². The van der Waals surface area contributed by atoms with E-state index in [0.717, 1.165) is 23.0 Å². The van der Waals surface area contributed by atoms with E-state index in [0.29, 0.717) is 36.3 Å². The smallest absolute Gasteiger partial charge is 0.382 e. The van der Waals surface area contributed by atoms with Crippen LogP contribution in [0.25, 0.3) is 27.7 Å². The van der Waals surface area contributed by atoms with E-state index in [1.807, 2.05) is 37.3 Å². The molecule has 166 valence electrons. The largest absolute Gasteiger partial charge is 0.433 e. The zero-order chi connectivity index (χ0) is 22.7. The monoisotopic (exact) mass is 442 g/mol. The molecule has 32 heavy (non-hydrogen) atoms. The summed E-state index contributed by atoms with van der Waals surface area (Å²) >= 11 is 0. The SMILES string of the molecule is CCOCCCNC(=O)c1cnn2c(C(F)(F)F)cc(-c3cccc4ccccc34)nc12. The molecule has 2 aromatic heterocycles. The maximum Gasteiger partial charge on any atom is 0.433 e. The van der Waals surface area contributed by atoms with E-state index < -0.39 is 17.8 Å². The first kappa shape index (κ1) is 21.8. The van der Waals surface area contributed by atoms with Gasteiger partial charge in [0, 0.05) is 25.3 Å². The molecule has 9 heteroatoms. The zero-order valence-corrected chi connectivity index (χ0v) is 17.3. The lowest BCUT2D eigenvalue weighted by Gasteiger charge is -2.13. The van der Waals surface area contributed by atoms with Crippen molar-refractivity contribution >= 4 is 22.3 Å². The number of alkyl halides is 3. The van der Waals surface area contributed by atoms with Crippen LogP contribution in [0, 0.1) is 0 Å². The van der Waals surface area contributed by atoms with E-state index in [9.17, 15) is 18.0 Å². The van der Waals surface area contributed by atoms with Crippen LogP contribution < -0.4 is 5.32 Å². The quantitative estimate of drug-likeness (QED) is 0.421. The Labute approximate surface area is 182 Å². The molecule has 1 N–H and O–H groups in total. The summed E-state index contributed by atoms with van der Waals surface area (Å²) in [5.41, 5.74) is -0.507. The van der Waals surface area contributed by atoms with Crippen LogP contribution in [0.5, 0.6) is 0 Å². The topological polar surface area (TPSA) is 68.5 Å². The second-order valence-electron chi connectivity index (χ2n) is 7.15. The van der Waals surface area contributed by atoms with E-state index in [4.69, 9.17) is 4.74 Å². The van der Waals surface area contributed by atoms with Gasteiger partial charge in [0.25, 0.3) is 5.91 Å². The number of halogens is 3. The van der Waals surface area contributed by atoms with Crippen LogP contribution >= 0.6 is 0 Å². The summed E-state index contributed by atoms with van der Waals surface area (Å²) in [5.74, 6) is -0.535. The van der Waals surface area contributed by atoms with Gasteiger partial charge in [0.2, 0.25) is 0 Å². The fourth-order valence-electron chi connectivity index (χ4n) is 3.53. The van der Waals surface area contributed by atoms with Gasteiger partial charge in [-0.1, -0.05) is 42.5 Å². The molecule has 0 spiro atoms. The number of benzene rings is 2. The van der Waals surface area contributed by atoms with Crippen LogP contribution in [0.2, 0.25) is 0 Å². The van der Waals surface area contributed by atoms with Gasteiger partial charge in [0.15, 0.2) is 11.3 Å². The molecule has 4 aromatic rings. The molecule has 6 nitrogen and oxygen atoms in total. The van der Waals surface area contributed by atoms with Crippen molar-refractivity contribution < 1.29 is 22.7 Å². The van der Waals surface area contributed by atoms with Crippen molar-refractivity contribution in [3.63, 3.8) is 0 Å². The third-order valence-electron chi connectivity index (χ3n) is 5.03. The molecule has 4 rings (SSSR count). The van der Waals surface area contributed by atoms with Crippen LogP contribution in [0.4, 0.5) is 13.2 Å². The van der Waals surface area contributed by atoms with Crippen molar-refractivity contribution in [1.29, 1.82) is 0 Å². The molecule has 0 bridgehead atoms. The normalized spacial score (nSPS) is 11.9. The number of rotatable bonds is 7. The summed E-state index contributed by atoms with van der Waals surface area (Å²) in [6, 6.07) is 13.7. The Morgan fingerprint density at radius 2 is 1.94 bits per heavy atom. The molecule has 0 saturated heterocycles. The number of nitrogens with zero attached hydrogens (tertiary/aromatic N) is 3. The molecule has 2 heterocycles. The van der Waals surface area contributed by atoms with Gasteiger partial charge in [-0.2, -0.15) is 18.3 Å². The molecule has 0 aliphatic heterocycles. The van der Waals surface area contributed by atoms with Gasteiger partial charge in [-0.15, -0.1) is 0 Å². The van der Waals surface area contributed by atoms with Gasteiger partial charge in [-0.25, -0.2) is 9.50 Å². The van der Waals surface area contributed by atoms with Gasteiger partial charge in [0.05, 0.1) is 11.9 Å². The van der Waals surface area contributed by atoms with Crippen molar-refractivity contribution in [3.05, 3.63) is 66.0 Å². The Kier molecular flexibility index (Phi) is 6.09. The molecular formula is C23H21F3N4O2. The third kappa shape index (κ3) is 4.29. The lowest BCUT2D eigenvalue weighted by molar-refractivity contribution is -0.142. The number of nitrogens with one attached hydrogen (secondary N) is 1. The van der Waals surface area contributed by atoms with E-state index in [-0.39, 0.29) is 16.9 Å². The maximum absolute atomic E-state index is 13.9. The standard InChI is InChI=1S/C23H21F3N4O2/c1-2-32-12-6-11-27-22(31)18-14-28-30-20(23(24,25)26)13-19(29-21(18)30)17-10-5-8-15-7-3-4-9-16(15)17/h3-5,7-10,13-14H,2,6,11-12H2,1H3,(H,27,31). The fourth-order valence-corrected chi connectivity index (χ4v) is 3.53. The van der Waals surface area contributed by atoms with E-state index >= 15 is 0 Å². The van der Waals surface area contributed by atoms with Gasteiger partial charge in [-0.3, -0.25) is 4.79 Å². The molecule has 1 amide bonds. The number of amides is 1. The number of hydrogen-bond donors (Lipinski definition) is 1. The van der Waals surface area contributed by atoms with Gasteiger partial charge in [-0.05, 0) is 30.2 Å². The first-order valence-electron chi connectivity index (χ1n) is 10.2. The highest BCUT2D eigenvalue weighted by molar-refractivity contribution is 6.00. The average Bonchev–Trinajstić information content (AvgIpc) is 3.21. The predicted octanol–water partition coefficient (Wildman–Crippen LogP) is 4.72. The number of hydrogen-bond acceptors (Lipinski definition) is 4. The second-order valence-corrected chi connectivity index (χ2v) is 7.15. The maximum atomic E-state index is 13.9. The molecule has 2 aromatic carbocycles. The summed E-state index contributed by atoms with van der Waals surface area (Å²) in [6.45, 7) is 3.25. The van der Waals surface area contributed by atoms with Gasteiger partial charge in [0.1, 0.15) is 5.56 Å². The van der Waals surface area contributed by atoms with Crippen LogP contribution in [0.1, 0.15) is 29.4 Å². The van der Waals surface area contributed by atoms with Crippen LogP contribution in [0.15, 0.2) is 54.7 Å². The number of carbonyl (C=O) groups excluding carboxylic acids is 1. The minimum absolute atomic E-state index is 0.0194. The molecule has 0 radical (unpaired) electrons. The minimum atomic E-state index is -4.68. The third-order valence-corrected chi connectivity index (χ3v) is 5.03. The number of aromatic nitrogens is 3. The Hall–Kier alpha value is -3.46. The molecule has 0 unspecified atom stereocenters. The Balaban J connectivity index is 1.80. The molecule has 0 aliphatic carbocycles. The lowest BCUT2D eigenvalue weighted by Crippen LogP contribution is -2.25. The number of carbonyl (C=O) groups is 1. The minimum Gasteiger partial charge on any atom is -0.382 e. The average molecular weight is 442 g/mol. The summed E-state index contributed by atoms with van der Waals surface area (Å²) in [6.07, 6.45) is -2.98. The molecular weight excluding hydrogens is 421 g/mol. The van der Waals surface area contributed by atoms with E-state index in [2.05, 4.69) is 15.4 Å². The fraction of sp³-hybridized carbons (Fsp3) is 0.261. The molecule has 0 aliphatic rings. The van der Waals surface area contributed by atoms with E-state index in [1.165, 1.54) is 0 Å². The highest BCUT2D eigenvalue weighted by atomic mass is 19.4. The second kappa shape index (κ2) is 8.96. The lowest BCUT2D eigenvalue weighted by atomic mass is 10.0. The van der Waals surface area contributed by atoms with Crippen LogP contribution in [-0.2, 0) is 10.9 Å². The molecule has 0 saturated carbocycles.